The minimum absolute atomic E-state index is 0.155. The van der Waals surface area contributed by atoms with Crippen LogP contribution in [-0.4, -0.2) is 111 Å². The van der Waals surface area contributed by atoms with Crippen LogP contribution in [0.1, 0.15) is 87.6 Å². The van der Waals surface area contributed by atoms with Crippen molar-refractivity contribution in [3.05, 3.63) is 53.6 Å². The third-order valence-corrected chi connectivity index (χ3v) is 12.5. The SMILES string of the molecule is COC(=O)C1(Cn2c(-c3ccc(OC)cc3)c(C3CCCCC3)c3ccc(C(=O)NS(=O)(=O)N(C)CCN4CCN(C(=O)OC(C)(C)C)CC4)cc32)CC1. The third kappa shape index (κ3) is 8.71. The molecule has 0 bridgehead atoms. The maximum Gasteiger partial charge on any atom is 0.410 e. The van der Waals surface area contributed by atoms with E-state index >= 15 is 0 Å². The van der Waals surface area contributed by atoms with Gasteiger partial charge in [-0.1, -0.05) is 25.3 Å². The quantitative estimate of drug-likeness (QED) is 0.228. The van der Waals surface area contributed by atoms with Crippen LogP contribution in [-0.2, 0) is 31.0 Å². The summed E-state index contributed by atoms with van der Waals surface area (Å²) in [6.45, 7) is 8.59. The molecule has 0 unspecified atom stereocenters. The number of nitrogens with one attached hydrogen (secondary N) is 1. The summed E-state index contributed by atoms with van der Waals surface area (Å²) in [6.07, 6.45) is 6.56. The van der Waals surface area contributed by atoms with Crippen LogP contribution < -0.4 is 9.46 Å². The van der Waals surface area contributed by atoms with E-state index in [1.165, 1.54) is 26.1 Å². The van der Waals surface area contributed by atoms with Crippen LogP contribution in [0.5, 0.6) is 5.75 Å². The van der Waals surface area contributed by atoms with Crippen LogP contribution in [0.2, 0.25) is 0 Å². The molecule has 2 saturated carbocycles. The standard InChI is InChI=1S/C40H55N5O8S/c1-39(2,3)53-38(48)44-24-22-43(23-25-44)21-20-42(4)54(49,50)41-36(46)30-14-17-32-33(26-30)45(27-40(18-19-40)37(47)52-6)35(29-12-15-31(51-5)16-13-29)34(32)28-10-8-7-9-11-28/h12-17,26,28H,7-11,18-25,27H2,1-6H3,(H,41,46). The first kappa shape index (κ1) is 39.6. The van der Waals surface area contributed by atoms with Crippen molar-refractivity contribution in [3.8, 4) is 17.0 Å². The topological polar surface area (TPSA) is 140 Å². The molecule has 0 atom stereocenters. The van der Waals surface area contributed by atoms with Crippen molar-refractivity contribution < 1.29 is 37.0 Å². The molecule has 1 N–H and O–H groups in total. The Morgan fingerprint density at radius 2 is 1.61 bits per heavy atom. The molecule has 14 heteroatoms. The predicted molar refractivity (Wildman–Crippen MR) is 207 cm³/mol. The van der Waals surface area contributed by atoms with Crippen LogP contribution in [0.4, 0.5) is 4.79 Å². The van der Waals surface area contributed by atoms with Gasteiger partial charge in [-0.15, -0.1) is 0 Å². The molecule has 3 fully saturated rings. The van der Waals surface area contributed by atoms with Crippen molar-refractivity contribution in [1.29, 1.82) is 0 Å². The number of aromatic nitrogens is 1. The number of carbonyl (C=O) groups excluding carboxylic acids is 3. The number of methoxy groups -OCH3 is 2. The van der Waals surface area contributed by atoms with E-state index in [0.29, 0.717) is 58.0 Å². The number of ether oxygens (including phenoxy) is 3. The Balaban J connectivity index is 1.24. The van der Waals surface area contributed by atoms with E-state index < -0.39 is 27.1 Å². The molecule has 1 saturated heterocycles. The van der Waals surface area contributed by atoms with Crippen molar-refractivity contribution in [3.63, 3.8) is 0 Å². The van der Waals surface area contributed by atoms with Crippen LogP contribution >= 0.6 is 0 Å². The van der Waals surface area contributed by atoms with Gasteiger partial charge in [0.25, 0.3) is 5.91 Å². The van der Waals surface area contributed by atoms with Gasteiger partial charge in [0.15, 0.2) is 0 Å². The van der Waals surface area contributed by atoms with Crippen LogP contribution in [0.3, 0.4) is 0 Å². The van der Waals surface area contributed by atoms with Crippen LogP contribution in [0.25, 0.3) is 22.2 Å². The molecule has 1 aromatic heterocycles. The van der Waals surface area contributed by atoms with Gasteiger partial charge in [0.1, 0.15) is 11.4 Å². The molecule has 3 aromatic rings. The third-order valence-electron chi connectivity index (χ3n) is 11.1. The number of amides is 2. The molecule has 6 rings (SSSR count). The van der Waals surface area contributed by atoms with Gasteiger partial charge in [-0.25, -0.2) is 9.52 Å². The number of nitrogens with zero attached hydrogens (tertiary/aromatic N) is 4. The van der Waals surface area contributed by atoms with Crippen molar-refractivity contribution in [2.24, 2.45) is 5.41 Å². The van der Waals surface area contributed by atoms with Gasteiger partial charge in [-0.3, -0.25) is 14.5 Å². The highest BCUT2D eigenvalue weighted by atomic mass is 32.2. The van der Waals surface area contributed by atoms with E-state index in [1.807, 2.05) is 51.1 Å². The first-order chi connectivity index (χ1) is 25.6. The lowest BCUT2D eigenvalue weighted by molar-refractivity contribution is -0.147. The number of carbonyl (C=O) groups is 3. The van der Waals surface area contributed by atoms with Gasteiger partial charge in [0, 0.05) is 69.3 Å². The average Bonchev–Trinajstić information content (AvgIpc) is 3.88. The first-order valence-corrected chi connectivity index (χ1v) is 20.5. The second-order valence-corrected chi connectivity index (χ2v) is 17.8. The molecule has 2 amide bonds. The fourth-order valence-electron chi connectivity index (χ4n) is 7.78. The summed E-state index contributed by atoms with van der Waals surface area (Å²) >= 11 is 0. The van der Waals surface area contributed by atoms with Crippen LogP contribution in [0, 0.1) is 5.41 Å². The largest absolute Gasteiger partial charge is 0.497 e. The van der Waals surface area contributed by atoms with Crippen molar-refractivity contribution in [2.75, 3.05) is 60.5 Å². The number of benzene rings is 2. The zero-order chi connectivity index (χ0) is 38.8. The second-order valence-electron chi connectivity index (χ2n) is 16.0. The molecule has 13 nitrogen and oxygen atoms in total. The highest BCUT2D eigenvalue weighted by Crippen LogP contribution is 2.51. The molecule has 2 aliphatic carbocycles. The number of likely N-dealkylation sites (N-methyl/N-ethyl adjacent to an activating group) is 1. The number of piperazine rings is 1. The van der Waals surface area contributed by atoms with Gasteiger partial charge in [0.2, 0.25) is 0 Å². The molecule has 0 radical (unpaired) electrons. The fourth-order valence-corrected chi connectivity index (χ4v) is 8.61. The number of esters is 1. The molecule has 2 aromatic carbocycles. The van der Waals surface area contributed by atoms with Gasteiger partial charge in [-0.2, -0.15) is 12.7 Å². The molecular formula is C40H55N5O8S. The number of rotatable bonds is 12. The number of hydrogen-bond donors (Lipinski definition) is 1. The summed E-state index contributed by atoms with van der Waals surface area (Å²) in [6, 6.07) is 13.3. The van der Waals surface area contributed by atoms with E-state index in [1.54, 1.807) is 24.1 Å². The lowest BCUT2D eigenvalue weighted by atomic mass is 9.81. The van der Waals surface area contributed by atoms with Gasteiger partial charge in [-0.05, 0) is 99.9 Å². The Bertz CT molecular complexity index is 1950. The highest BCUT2D eigenvalue weighted by Gasteiger charge is 2.52. The van der Waals surface area contributed by atoms with Crippen molar-refractivity contribution in [1.82, 2.24) is 23.4 Å². The highest BCUT2D eigenvalue weighted by molar-refractivity contribution is 7.87. The Labute approximate surface area is 319 Å². The summed E-state index contributed by atoms with van der Waals surface area (Å²) in [7, 11) is 0.319. The summed E-state index contributed by atoms with van der Waals surface area (Å²) < 4.78 is 48.7. The van der Waals surface area contributed by atoms with Gasteiger partial charge < -0.3 is 23.7 Å². The predicted octanol–water partition coefficient (Wildman–Crippen LogP) is 5.78. The van der Waals surface area contributed by atoms with E-state index in [4.69, 9.17) is 14.2 Å². The molecule has 54 heavy (non-hydrogen) atoms. The lowest BCUT2D eigenvalue weighted by Gasteiger charge is -2.36. The van der Waals surface area contributed by atoms with E-state index in [-0.39, 0.29) is 24.2 Å². The van der Waals surface area contributed by atoms with E-state index in [9.17, 15) is 22.8 Å². The summed E-state index contributed by atoms with van der Waals surface area (Å²) in [4.78, 5) is 43.0. The van der Waals surface area contributed by atoms with E-state index in [2.05, 4.69) is 14.2 Å². The molecule has 0 spiro atoms. The van der Waals surface area contributed by atoms with Gasteiger partial charge >= 0.3 is 22.3 Å². The zero-order valence-electron chi connectivity index (χ0n) is 32.5. The first-order valence-electron chi connectivity index (χ1n) is 19.0. The summed E-state index contributed by atoms with van der Waals surface area (Å²) in [5, 5.41) is 0.997. The Hall–Kier alpha value is -4.14. The molecule has 3 aliphatic rings. The molecular weight excluding hydrogens is 711 g/mol. The van der Waals surface area contributed by atoms with Gasteiger partial charge in [0.05, 0.1) is 25.3 Å². The average molecular weight is 766 g/mol. The number of hydrogen-bond acceptors (Lipinski definition) is 9. The lowest BCUT2D eigenvalue weighted by Crippen LogP contribution is -2.52. The fraction of sp³-hybridized carbons (Fsp3) is 0.575. The minimum Gasteiger partial charge on any atom is -0.497 e. The van der Waals surface area contributed by atoms with Crippen molar-refractivity contribution in [2.45, 2.75) is 83.8 Å². The Morgan fingerprint density at radius 3 is 2.20 bits per heavy atom. The van der Waals surface area contributed by atoms with E-state index in [0.717, 1.165) is 57.9 Å². The van der Waals surface area contributed by atoms with Crippen molar-refractivity contribution >= 4 is 39.1 Å². The monoisotopic (exact) mass is 765 g/mol. The Morgan fingerprint density at radius 1 is 0.944 bits per heavy atom. The summed E-state index contributed by atoms with van der Waals surface area (Å²) in [5.41, 5.74) is 2.92. The molecule has 1 aliphatic heterocycles. The maximum absolute atomic E-state index is 13.7. The zero-order valence-corrected chi connectivity index (χ0v) is 33.3. The smallest absolute Gasteiger partial charge is 0.410 e. The Kier molecular flexibility index (Phi) is 11.7. The maximum atomic E-state index is 13.7. The second kappa shape index (κ2) is 15.9. The molecule has 294 valence electrons. The van der Waals surface area contributed by atoms with Crippen LogP contribution in [0.15, 0.2) is 42.5 Å². The number of fused-ring (bicyclic) bond motifs is 1. The molecule has 2 heterocycles. The minimum atomic E-state index is -4.18. The summed E-state index contributed by atoms with van der Waals surface area (Å²) in [5.74, 6) is 0.0422. The normalized spacial score (nSPS) is 18.1.